The van der Waals surface area contributed by atoms with Crippen molar-refractivity contribution in [3.05, 3.63) is 35.9 Å². The molecule has 0 radical (unpaired) electrons. The topological polar surface area (TPSA) is 47.0 Å². The molecule has 18 heavy (non-hydrogen) atoms. The molecule has 0 spiro atoms. The lowest BCUT2D eigenvalue weighted by atomic mass is 10.2. The van der Waals surface area contributed by atoms with Crippen LogP contribution in [0.5, 0.6) is 0 Å². The number of halogens is 1. The quantitative estimate of drug-likeness (QED) is 0.814. The Hall–Kier alpha value is -1.13. The summed E-state index contributed by atoms with van der Waals surface area (Å²) in [5, 5.41) is 0.438. The van der Waals surface area contributed by atoms with Crippen molar-refractivity contribution in [2.45, 2.75) is 24.1 Å². The maximum Gasteiger partial charge on any atom is 0.199 e. The van der Waals surface area contributed by atoms with Gasteiger partial charge in [0.2, 0.25) is 0 Å². The molecular weight excluding hydrogens is 270 g/mol. The molecule has 0 saturated carbocycles. The van der Waals surface area contributed by atoms with Gasteiger partial charge in [0.05, 0.1) is 10.8 Å². The van der Waals surface area contributed by atoms with E-state index >= 15 is 0 Å². The average molecular weight is 284 g/mol. The van der Waals surface area contributed by atoms with Gasteiger partial charge in [-0.05, 0) is 31.5 Å². The Kier molecular flexibility index (Phi) is 3.59. The van der Waals surface area contributed by atoms with Crippen molar-refractivity contribution in [3.8, 4) is 0 Å². The molecule has 1 unspecified atom stereocenters. The number of hydrogen-bond acceptors (Lipinski definition) is 3. The molecule has 1 heterocycles. The molecule has 1 aromatic heterocycles. The summed E-state index contributed by atoms with van der Waals surface area (Å²) in [5.74, 6) is 0.0658. The van der Waals surface area contributed by atoms with E-state index in [1.807, 2.05) is 24.3 Å². The molecule has 3 nitrogen and oxygen atoms in total. The highest BCUT2D eigenvalue weighted by Gasteiger charge is 2.26. The van der Waals surface area contributed by atoms with E-state index in [0.717, 1.165) is 5.39 Å². The number of nitrogens with zero attached hydrogens (tertiary/aromatic N) is 1. The Morgan fingerprint density at radius 3 is 2.67 bits per heavy atom. The molecular formula is C13H14ClNO2S. The Labute approximate surface area is 112 Å². The molecule has 0 amide bonds. The third-order valence-corrected chi connectivity index (χ3v) is 5.71. The van der Waals surface area contributed by atoms with Crippen molar-refractivity contribution >= 4 is 32.3 Å². The highest BCUT2D eigenvalue weighted by Crippen LogP contribution is 2.23. The summed E-state index contributed by atoms with van der Waals surface area (Å²) in [6.07, 6.45) is 0. The summed E-state index contributed by atoms with van der Waals surface area (Å²) >= 11 is 5.65. The number of para-hydroxylation sites is 1. The Morgan fingerprint density at radius 2 is 2.00 bits per heavy atom. The van der Waals surface area contributed by atoms with Gasteiger partial charge in [-0.15, -0.1) is 11.6 Å². The molecule has 0 aliphatic heterocycles. The zero-order chi connectivity index (χ0) is 13.3. The highest BCUT2D eigenvalue weighted by atomic mass is 35.5. The third kappa shape index (κ3) is 2.22. The predicted octanol–water partition coefficient (Wildman–Crippen LogP) is 2.94. The van der Waals surface area contributed by atoms with Crippen LogP contribution < -0.4 is 0 Å². The number of pyridine rings is 1. The van der Waals surface area contributed by atoms with Crippen LogP contribution in [0, 0.1) is 6.92 Å². The molecule has 0 bridgehead atoms. The normalized spacial score (nSPS) is 13.7. The predicted molar refractivity (Wildman–Crippen MR) is 73.8 cm³/mol. The zero-order valence-electron chi connectivity index (χ0n) is 10.2. The Bertz CT molecular complexity index is 682. The summed E-state index contributed by atoms with van der Waals surface area (Å²) in [6, 6.07) is 9.30. The average Bonchev–Trinajstić information content (AvgIpc) is 2.36. The van der Waals surface area contributed by atoms with Gasteiger partial charge in [0.15, 0.2) is 14.9 Å². The first-order valence-electron chi connectivity index (χ1n) is 5.63. The minimum Gasteiger partial charge on any atom is -0.236 e. The van der Waals surface area contributed by atoms with Crippen molar-refractivity contribution in [2.24, 2.45) is 0 Å². The van der Waals surface area contributed by atoms with Gasteiger partial charge in [0, 0.05) is 11.3 Å². The molecule has 0 N–H and O–H groups in total. The maximum absolute atomic E-state index is 12.3. The van der Waals surface area contributed by atoms with Gasteiger partial charge < -0.3 is 0 Å². The molecule has 0 aliphatic rings. The molecule has 96 valence electrons. The second-order valence-corrected chi connectivity index (χ2v) is 6.90. The van der Waals surface area contributed by atoms with Crippen molar-refractivity contribution in [1.29, 1.82) is 0 Å². The van der Waals surface area contributed by atoms with Gasteiger partial charge in [-0.25, -0.2) is 13.4 Å². The lowest BCUT2D eigenvalue weighted by Gasteiger charge is -2.12. The fourth-order valence-corrected chi connectivity index (χ4v) is 3.54. The fraction of sp³-hybridized carbons (Fsp3) is 0.308. The van der Waals surface area contributed by atoms with Gasteiger partial charge in [0.1, 0.15) is 0 Å². The van der Waals surface area contributed by atoms with Crippen LogP contribution in [0.25, 0.3) is 10.9 Å². The SMILES string of the molecule is Cc1cc2ccccc2nc1S(=O)(=O)C(C)CCl. The number of hydrogen-bond donors (Lipinski definition) is 0. The van der Waals surface area contributed by atoms with Gasteiger partial charge in [-0.2, -0.15) is 0 Å². The van der Waals surface area contributed by atoms with Crippen LogP contribution >= 0.6 is 11.6 Å². The fourth-order valence-electron chi connectivity index (χ4n) is 1.77. The first kappa shape index (κ1) is 13.3. The number of sulfone groups is 1. The van der Waals surface area contributed by atoms with E-state index in [9.17, 15) is 8.42 Å². The summed E-state index contributed by atoms with van der Waals surface area (Å²) < 4.78 is 24.6. The second-order valence-electron chi connectivity index (χ2n) is 4.31. The molecule has 0 aliphatic carbocycles. The number of rotatable bonds is 3. The van der Waals surface area contributed by atoms with E-state index in [4.69, 9.17) is 11.6 Å². The van der Waals surface area contributed by atoms with Gasteiger partial charge in [-0.3, -0.25) is 0 Å². The Morgan fingerprint density at radius 1 is 1.33 bits per heavy atom. The van der Waals surface area contributed by atoms with Gasteiger partial charge >= 0.3 is 0 Å². The van der Waals surface area contributed by atoms with Crippen molar-refractivity contribution in [1.82, 2.24) is 4.98 Å². The lowest BCUT2D eigenvalue weighted by Crippen LogP contribution is -2.21. The molecule has 1 aromatic carbocycles. The summed E-state index contributed by atoms with van der Waals surface area (Å²) in [7, 11) is -3.45. The maximum atomic E-state index is 12.3. The van der Waals surface area contributed by atoms with Crippen LogP contribution in [0.3, 0.4) is 0 Å². The number of aryl methyl sites for hydroxylation is 1. The molecule has 2 rings (SSSR count). The van der Waals surface area contributed by atoms with Crippen LogP contribution in [-0.4, -0.2) is 24.5 Å². The minimum absolute atomic E-state index is 0.0658. The number of aromatic nitrogens is 1. The second kappa shape index (κ2) is 4.86. The van der Waals surface area contributed by atoms with Crippen molar-refractivity contribution < 1.29 is 8.42 Å². The van der Waals surface area contributed by atoms with E-state index in [-0.39, 0.29) is 10.9 Å². The first-order chi connectivity index (χ1) is 8.46. The van der Waals surface area contributed by atoms with Gasteiger partial charge in [0.25, 0.3) is 0 Å². The lowest BCUT2D eigenvalue weighted by molar-refractivity contribution is 0.583. The van der Waals surface area contributed by atoms with Crippen LogP contribution in [-0.2, 0) is 9.84 Å². The number of benzene rings is 1. The van der Waals surface area contributed by atoms with Crippen LogP contribution in [0.15, 0.2) is 35.4 Å². The standard InChI is InChI=1S/C13H14ClNO2S/c1-9-7-11-5-3-4-6-12(11)15-13(9)18(16,17)10(2)8-14/h3-7,10H,8H2,1-2H3. The van der Waals surface area contributed by atoms with E-state index < -0.39 is 15.1 Å². The molecule has 0 fully saturated rings. The van der Waals surface area contributed by atoms with Crippen LogP contribution in [0.4, 0.5) is 0 Å². The van der Waals surface area contributed by atoms with E-state index in [1.165, 1.54) is 0 Å². The molecule has 1 atom stereocenters. The summed E-state index contributed by atoms with van der Waals surface area (Å²) in [6.45, 7) is 3.35. The largest absolute Gasteiger partial charge is 0.236 e. The molecule has 2 aromatic rings. The highest BCUT2D eigenvalue weighted by molar-refractivity contribution is 7.92. The number of alkyl halides is 1. The van der Waals surface area contributed by atoms with E-state index in [0.29, 0.717) is 11.1 Å². The summed E-state index contributed by atoms with van der Waals surface area (Å²) in [5.41, 5.74) is 1.34. The zero-order valence-corrected chi connectivity index (χ0v) is 11.8. The van der Waals surface area contributed by atoms with Crippen LogP contribution in [0.2, 0.25) is 0 Å². The minimum atomic E-state index is -3.45. The first-order valence-corrected chi connectivity index (χ1v) is 7.71. The van der Waals surface area contributed by atoms with Gasteiger partial charge in [-0.1, -0.05) is 18.2 Å². The van der Waals surface area contributed by atoms with Crippen molar-refractivity contribution in [2.75, 3.05) is 5.88 Å². The number of fused-ring (bicyclic) bond motifs is 1. The molecule has 5 heteroatoms. The van der Waals surface area contributed by atoms with E-state index in [2.05, 4.69) is 4.98 Å². The third-order valence-electron chi connectivity index (χ3n) is 2.88. The molecule has 0 saturated heterocycles. The van der Waals surface area contributed by atoms with E-state index in [1.54, 1.807) is 19.9 Å². The monoisotopic (exact) mass is 283 g/mol. The van der Waals surface area contributed by atoms with Crippen molar-refractivity contribution in [3.63, 3.8) is 0 Å². The van der Waals surface area contributed by atoms with Crippen LogP contribution in [0.1, 0.15) is 12.5 Å². The Balaban J connectivity index is 2.69. The summed E-state index contributed by atoms with van der Waals surface area (Å²) in [4.78, 5) is 4.27. The smallest absolute Gasteiger partial charge is 0.199 e.